The molecule has 2 aromatic carbocycles. The first kappa shape index (κ1) is 20.3. The monoisotopic (exact) mass is 437 g/mol. The molecule has 162 valence electrons. The van der Waals surface area contributed by atoms with Gasteiger partial charge in [-0.3, -0.25) is 4.90 Å². The molecule has 5 rings (SSSR count). The van der Waals surface area contributed by atoms with E-state index >= 15 is 0 Å². The van der Waals surface area contributed by atoms with E-state index < -0.39 is 0 Å². The van der Waals surface area contributed by atoms with E-state index in [0.29, 0.717) is 25.0 Å². The highest BCUT2D eigenvalue weighted by Crippen LogP contribution is 2.35. The molecular weight excluding hydrogens is 410 g/mol. The van der Waals surface area contributed by atoms with Crippen molar-refractivity contribution in [2.45, 2.75) is 32.2 Å². The Kier molecular flexibility index (Phi) is 5.83. The van der Waals surface area contributed by atoms with Gasteiger partial charge >= 0.3 is 6.01 Å². The molecule has 6 nitrogen and oxygen atoms in total. The van der Waals surface area contributed by atoms with Crippen LogP contribution in [0.25, 0.3) is 10.8 Å². The Morgan fingerprint density at radius 2 is 1.81 bits per heavy atom. The van der Waals surface area contributed by atoms with Crippen molar-refractivity contribution in [3.63, 3.8) is 0 Å². The number of nitrogen functional groups attached to an aromatic ring is 1. The molecule has 2 aliphatic heterocycles. The Morgan fingerprint density at radius 1 is 1.00 bits per heavy atom. The molecule has 1 saturated heterocycles. The van der Waals surface area contributed by atoms with Gasteiger partial charge in [-0.2, -0.15) is 9.97 Å². The zero-order valence-corrected chi connectivity index (χ0v) is 18.4. The Morgan fingerprint density at radius 3 is 2.65 bits per heavy atom. The summed E-state index contributed by atoms with van der Waals surface area (Å²) in [5, 5.41) is 2.98. The number of nitrogens with zero attached hydrogens (tertiary/aromatic N) is 4. The SMILES string of the molecule is Nc1nc(OCCN2CCCCC2)nc2c1CCN(c1cccc3cccc(Cl)c13)C2. The molecule has 2 aliphatic rings. The van der Waals surface area contributed by atoms with Crippen LogP contribution in [-0.2, 0) is 13.0 Å². The Labute approximate surface area is 188 Å². The largest absolute Gasteiger partial charge is 0.462 e. The van der Waals surface area contributed by atoms with Crippen LogP contribution in [0.3, 0.4) is 0 Å². The van der Waals surface area contributed by atoms with Crippen molar-refractivity contribution in [1.82, 2.24) is 14.9 Å². The molecule has 1 aromatic heterocycles. The number of rotatable bonds is 5. The van der Waals surface area contributed by atoms with Gasteiger partial charge in [0.25, 0.3) is 0 Å². The topological polar surface area (TPSA) is 67.5 Å². The van der Waals surface area contributed by atoms with Crippen molar-refractivity contribution in [2.75, 3.05) is 43.4 Å². The van der Waals surface area contributed by atoms with Gasteiger partial charge in [0.2, 0.25) is 0 Å². The fraction of sp³-hybridized carbons (Fsp3) is 0.417. The highest BCUT2D eigenvalue weighted by Gasteiger charge is 2.24. The number of fused-ring (bicyclic) bond motifs is 2. The quantitative estimate of drug-likeness (QED) is 0.642. The highest BCUT2D eigenvalue weighted by molar-refractivity contribution is 6.36. The Balaban J connectivity index is 1.34. The van der Waals surface area contributed by atoms with Crippen LogP contribution in [0.1, 0.15) is 30.5 Å². The third-order valence-electron chi connectivity index (χ3n) is 6.34. The van der Waals surface area contributed by atoms with Crippen LogP contribution in [0.15, 0.2) is 36.4 Å². The summed E-state index contributed by atoms with van der Waals surface area (Å²) in [6.45, 7) is 5.30. The van der Waals surface area contributed by atoms with Crippen LogP contribution >= 0.6 is 11.6 Å². The van der Waals surface area contributed by atoms with Gasteiger partial charge in [0.1, 0.15) is 12.4 Å². The number of hydrogen-bond donors (Lipinski definition) is 1. The zero-order chi connectivity index (χ0) is 21.2. The standard InChI is InChI=1S/C24H28ClN5O/c25-19-8-4-6-17-7-5-9-21(22(17)19)30-13-10-18-20(16-30)27-24(28-23(18)26)31-15-14-29-11-2-1-3-12-29/h4-9H,1-3,10-16H2,(H2,26,27,28). The van der Waals surface area contributed by atoms with E-state index in [2.05, 4.69) is 39.0 Å². The van der Waals surface area contributed by atoms with Crippen LogP contribution in [0.5, 0.6) is 6.01 Å². The predicted octanol–water partition coefficient (Wildman–Crippen LogP) is 4.29. The van der Waals surface area contributed by atoms with E-state index in [-0.39, 0.29) is 0 Å². The van der Waals surface area contributed by atoms with Crippen molar-refractivity contribution in [2.24, 2.45) is 0 Å². The van der Waals surface area contributed by atoms with Crippen LogP contribution in [-0.4, -0.2) is 47.7 Å². The average Bonchev–Trinajstić information content (AvgIpc) is 2.79. The van der Waals surface area contributed by atoms with Gasteiger partial charge in [0, 0.05) is 29.7 Å². The molecule has 2 N–H and O–H groups in total. The van der Waals surface area contributed by atoms with E-state index in [1.54, 1.807) is 0 Å². The number of piperidine rings is 1. The molecule has 0 radical (unpaired) electrons. The summed E-state index contributed by atoms with van der Waals surface area (Å²) in [6, 6.07) is 12.7. The maximum absolute atomic E-state index is 6.56. The van der Waals surface area contributed by atoms with Gasteiger partial charge < -0.3 is 15.4 Å². The summed E-state index contributed by atoms with van der Waals surface area (Å²) in [5.41, 5.74) is 9.37. The van der Waals surface area contributed by atoms with Crippen molar-refractivity contribution in [3.05, 3.63) is 52.7 Å². The first-order valence-corrected chi connectivity index (χ1v) is 11.5. The summed E-state index contributed by atoms with van der Waals surface area (Å²) in [5.74, 6) is 0.536. The summed E-state index contributed by atoms with van der Waals surface area (Å²) in [6.07, 6.45) is 4.68. The van der Waals surface area contributed by atoms with Crippen molar-refractivity contribution >= 4 is 33.9 Å². The molecule has 7 heteroatoms. The van der Waals surface area contributed by atoms with E-state index in [0.717, 1.165) is 65.3 Å². The van der Waals surface area contributed by atoms with Crippen LogP contribution in [0, 0.1) is 0 Å². The number of ether oxygens (including phenoxy) is 1. The third-order valence-corrected chi connectivity index (χ3v) is 6.65. The lowest BCUT2D eigenvalue weighted by atomic mass is 10.0. The number of anilines is 2. The normalized spacial score (nSPS) is 17.0. The summed E-state index contributed by atoms with van der Waals surface area (Å²) < 4.78 is 5.90. The van der Waals surface area contributed by atoms with E-state index in [9.17, 15) is 0 Å². The van der Waals surface area contributed by atoms with Gasteiger partial charge in [0.15, 0.2) is 0 Å². The smallest absolute Gasteiger partial charge is 0.318 e. The van der Waals surface area contributed by atoms with Crippen LogP contribution < -0.4 is 15.4 Å². The molecular formula is C24H28ClN5O. The molecule has 0 aliphatic carbocycles. The van der Waals surface area contributed by atoms with E-state index in [1.165, 1.54) is 19.3 Å². The lowest BCUT2D eigenvalue weighted by Crippen LogP contribution is -2.34. The molecule has 3 aromatic rings. The molecule has 0 saturated carbocycles. The molecule has 31 heavy (non-hydrogen) atoms. The van der Waals surface area contributed by atoms with Gasteiger partial charge in [0.05, 0.1) is 17.3 Å². The first-order chi connectivity index (χ1) is 15.2. The van der Waals surface area contributed by atoms with E-state index in [4.69, 9.17) is 27.1 Å². The lowest BCUT2D eigenvalue weighted by molar-refractivity contribution is 0.177. The van der Waals surface area contributed by atoms with Gasteiger partial charge in [-0.05, 0) is 49.9 Å². The molecule has 0 atom stereocenters. The molecule has 0 spiro atoms. The molecule has 0 amide bonds. The summed E-state index contributed by atoms with van der Waals surface area (Å²) in [4.78, 5) is 13.9. The fourth-order valence-electron chi connectivity index (χ4n) is 4.69. The summed E-state index contributed by atoms with van der Waals surface area (Å²) in [7, 11) is 0. The zero-order valence-electron chi connectivity index (χ0n) is 17.7. The van der Waals surface area contributed by atoms with Crippen LogP contribution in [0.4, 0.5) is 11.5 Å². The molecule has 3 heterocycles. The minimum Gasteiger partial charge on any atom is -0.462 e. The number of nitrogens with two attached hydrogens (primary N) is 1. The maximum Gasteiger partial charge on any atom is 0.318 e. The molecule has 1 fully saturated rings. The highest BCUT2D eigenvalue weighted by atomic mass is 35.5. The minimum absolute atomic E-state index is 0.381. The Hall–Kier alpha value is -2.57. The van der Waals surface area contributed by atoms with E-state index in [1.807, 2.05) is 12.1 Å². The third kappa shape index (κ3) is 4.27. The minimum atomic E-state index is 0.381. The second kappa shape index (κ2) is 8.89. The second-order valence-electron chi connectivity index (χ2n) is 8.35. The first-order valence-electron chi connectivity index (χ1n) is 11.1. The fourth-order valence-corrected chi connectivity index (χ4v) is 4.97. The number of aromatic nitrogens is 2. The number of halogens is 1. The lowest BCUT2D eigenvalue weighted by Gasteiger charge is -2.31. The average molecular weight is 438 g/mol. The van der Waals surface area contributed by atoms with Crippen LogP contribution in [0.2, 0.25) is 5.02 Å². The summed E-state index contributed by atoms with van der Waals surface area (Å²) >= 11 is 6.56. The van der Waals surface area contributed by atoms with Gasteiger partial charge in [-0.15, -0.1) is 0 Å². The Bertz CT molecular complexity index is 1080. The molecule has 0 bridgehead atoms. The van der Waals surface area contributed by atoms with Gasteiger partial charge in [-0.25, -0.2) is 0 Å². The van der Waals surface area contributed by atoms with Crippen molar-refractivity contribution < 1.29 is 4.74 Å². The van der Waals surface area contributed by atoms with Gasteiger partial charge in [-0.1, -0.05) is 42.3 Å². The van der Waals surface area contributed by atoms with Crippen molar-refractivity contribution in [1.29, 1.82) is 0 Å². The molecule has 0 unspecified atom stereocenters. The second-order valence-corrected chi connectivity index (χ2v) is 8.76. The predicted molar refractivity (Wildman–Crippen MR) is 126 cm³/mol. The number of benzene rings is 2. The van der Waals surface area contributed by atoms with Crippen molar-refractivity contribution in [3.8, 4) is 6.01 Å². The number of hydrogen-bond acceptors (Lipinski definition) is 6. The number of likely N-dealkylation sites (tertiary alicyclic amines) is 1. The maximum atomic E-state index is 6.56.